The molecule has 0 fully saturated rings. The van der Waals surface area contributed by atoms with Gasteiger partial charge in [-0.3, -0.25) is 0 Å². The van der Waals surface area contributed by atoms with Crippen molar-refractivity contribution in [1.29, 1.82) is 0 Å². The van der Waals surface area contributed by atoms with Gasteiger partial charge >= 0.3 is 0 Å². The normalized spacial score (nSPS) is 12.7. The van der Waals surface area contributed by atoms with Crippen LogP contribution >= 0.6 is 0 Å². The molecule has 3 nitrogen and oxygen atoms in total. The van der Waals surface area contributed by atoms with E-state index in [1.54, 1.807) is 7.11 Å². The zero-order valence-electron chi connectivity index (χ0n) is 10.7. The van der Waals surface area contributed by atoms with Crippen LogP contribution in [0.1, 0.15) is 18.5 Å². The second kappa shape index (κ2) is 8.13. The zero-order valence-corrected chi connectivity index (χ0v) is 10.7. The number of rotatable bonds is 8. The number of nitrogens with one attached hydrogen (secondary N) is 1. The predicted molar refractivity (Wildman–Crippen MR) is 65.5 cm³/mol. The standard InChI is InChI=1S/C13H19F2NO2/c1-3-16-13(9-18-7-6-17-2)11-5-4-10(14)8-12(11)15/h4-5,8,13,16H,3,6-7,9H2,1-2H3. The second-order valence-electron chi connectivity index (χ2n) is 3.84. The summed E-state index contributed by atoms with van der Waals surface area (Å²) in [5, 5.41) is 3.11. The number of ether oxygens (including phenoxy) is 2. The van der Waals surface area contributed by atoms with E-state index in [0.29, 0.717) is 31.9 Å². The topological polar surface area (TPSA) is 30.5 Å². The first-order valence-corrected chi connectivity index (χ1v) is 5.94. The fraction of sp³-hybridized carbons (Fsp3) is 0.538. The molecule has 1 unspecified atom stereocenters. The molecular weight excluding hydrogens is 240 g/mol. The largest absolute Gasteiger partial charge is 0.382 e. The maximum absolute atomic E-state index is 13.6. The lowest BCUT2D eigenvalue weighted by Crippen LogP contribution is -2.27. The summed E-state index contributed by atoms with van der Waals surface area (Å²) >= 11 is 0. The van der Waals surface area contributed by atoms with Gasteiger partial charge in [-0.25, -0.2) is 8.78 Å². The highest BCUT2D eigenvalue weighted by molar-refractivity contribution is 5.22. The molecule has 0 aliphatic carbocycles. The van der Waals surface area contributed by atoms with E-state index in [2.05, 4.69) is 5.32 Å². The summed E-state index contributed by atoms with van der Waals surface area (Å²) in [5.74, 6) is -1.14. The molecule has 0 spiro atoms. The lowest BCUT2D eigenvalue weighted by molar-refractivity contribution is 0.0583. The van der Waals surface area contributed by atoms with E-state index in [-0.39, 0.29) is 6.04 Å². The quantitative estimate of drug-likeness (QED) is 0.726. The Hall–Kier alpha value is -1.04. The van der Waals surface area contributed by atoms with Gasteiger partial charge in [-0.2, -0.15) is 0 Å². The van der Waals surface area contributed by atoms with Crippen LogP contribution in [0.15, 0.2) is 18.2 Å². The minimum atomic E-state index is -0.577. The molecular formula is C13H19F2NO2. The van der Waals surface area contributed by atoms with Crippen molar-refractivity contribution in [3.63, 3.8) is 0 Å². The van der Waals surface area contributed by atoms with Crippen LogP contribution in [0.5, 0.6) is 0 Å². The Kier molecular flexibility index (Phi) is 6.78. The summed E-state index contributed by atoms with van der Waals surface area (Å²) in [7, 11) is 1.59. The number of benzene rings is 1. The number of likely N-dealkylation sites (N-methyl/N-ethyl adjacent to an activating group) is 1. The lowest BCUT2D eigenvalue weighted by atomic mass is 10.1. The van der Waals surface area contributed by atoms with Crippen molar-refractivity contribution < 1.29 is 18.3 Å². The molecule has 102 valence electrons. The van der Waals surface area contributed by atoms with Crippen molar-refractivity contribution >= 4 is 0 Å². The van der Waals surface area contributed by atoms with Crippen LogP contribution in [0.2, 0.25) is 0 Å². The lowest BCUT2D eigenvalue weighted by Gasteiger charge is -2.19. The molecule has 0 aliphatic rings. The van der Waals surface area contributed by atoms with Crippen LogP contribution in [-0.4, -0.2) is 33.5 Å². The molecule has 5 heteroatoms. The number of halogens is 2. The molecule has 1 aromatic carbocycles. The first kappa shape index (κ1) is 15.0. The van der Waals surface area contributed by atoms with Crippen molar-refractivity contribution in [2.45, 2.75) is 13.0 Å². The third-order valence-corrected chi connectivity index (χ3v) is 2.50. The fourth-order valence-corrected chi connectivity index (χ4v) is 1.63. The van der Waals surface area contributed by atoms with Crippen LogP contribution in [0, 0.1) is 11.6 Å². The van der Waals surface area contributed by atoms with Crippen molar-refractivity contribution in [3.8, 4) is 0 Å². The van der Waals surface area contributed by atoms with Crippen molar-refractivity contribution in [1.82, 2.24) is 5.32 Å². The highest BCUT2D eigenvalue weighted by Crippen LogP contribution is 2.18. The van der Waals surface area contributed by atoms with Crippen molar-refractivity contribution in [2.75, 3.05) is 33.5 Å². The molecule has 0 bridgehead atoms. The smallest absolute Gasteiger partial charge is 0.130 e. The molecule has 1 atom stereocenters. The van der Waals surface area contributed by atoms with Crippen LogP contribution in [0.4, 0.5) is 8.78 Å². The van der Waals surface area contributed by atoms with Gasteiger partial charge in [0.15, 0.2) is 0 Å². The summed E-state index contributed by atoms with van der Waals surface area (Å²) in [6.45, 7) is 3.85. The third kappa shape index (κ3) is 4.68. The van der Waals surface area contributed by atoms with Gasteiger partial charge in [0.1, 0.15) is 11.6 Å². The van der Waals surface area contributed by atoms with Crippen molar-refractivity contribution in [2.24, 2.45) is 0 Å². The van der Waals surface area contributed by atoms with E-state index in [9.17, 15) is 8.78 Å². The van der Waals surface area contributed by atoms with Gasteiger partial charge in [-0.15, -0.1) is 0 Å². The van der Waals surface area contributed by atoms with Crippen molar-refractivity contribution in [3.05, 3.63) is 35.4 Å². The monoisotopic (exact) mass is 259 g/mol. The molecule has 1 rings (SSSR count). The van der Waals surface area contributed by atoms with Gasteiger partial charge in [0.05, 0.1) is 25.9 Å². The van der Waals surface area contributed by atoms with E-state index in [4.69, 9.17) is 9.47 Å². The van der Waals surface area contributed by atoms with E-state index in [0.717, 1.165) is 6.07 Å². The number of methoxy groups -OCH3 is 1. The predicted octanol–water partition coefficient (Wildman–Crippen LogP) is 2.28. The molecule has 18 heavy (non-hydrogen) atoms. The molecule has 0 aromatic heterocycles. The van der Waals surface area contributed by atoms with E-state index in [1.165, 1.54) is 12.1 Å². The zero-order chi connectivity index (χ0) is 13.4. The van der Waals surface area contributed by atoms with Crippen LogP contribution in [-0.2, 0) is 9.47 Å². The minimum Gasteiger partial charge on any atom is -0.382 e. The Labute approximate surface area is 106 Å². The van der Waals surface area contributed by atoms with Gasteiger partial charge in [0.25, 0.3) is 0 Å². The van der Waals surface area contributed by atoms with Crippen LogP contribution < -0.4 is 5.32 Å². The van der Waals surface area contributed by atoms with Gasteiger partial charge in [0.2, 0.25) is 0 Å². The summed E-state index contributed by atoms with van der Waals surface area (Å²) < 4.78 is 36.7. The van der Waals surface area contributed by atoms with Crippen LogP contribution in [0.3, 0.4) is 0 Å². The number of hydrogen-bond acceptors (Lipinski definition) is 3. The Morgan fingerprint density at radius 2 is 2.06 bits per heavy atom. The summed E-state index contributed by atoms with van der Waals surface area (Å²) in [6, 6.07) is 3.29. The molecule has 0 saturated heterocycles. The Morgan fingerprint density at radius 3 is 2.67 bits per heavy atom. The summed E-state index contributed by atoms with van der Waals surface area (Å²) in [4.78, 5) is 0. The van der Waals surface area contributed by atoms with Gasteiger partial charge in [-0.1, -0.05) is 13.0 Å². The molecule has 0 radical (unpaired) electrons. The molecule has 0 heterocycles. The second-order valence-corrected chi connectivity index (χ2v) is 3.84. The van der Waals surface area contributed by atoms with E-state index < -0.39 is 11.6 Å². The van der Waals surface area contributed by atoms with Crippen LogP contribution in [0.25, 0.3) is 0 Å². The first-order valence-electron chi connectivity index (χ1n) is 5.94. The highest BCUT2D eigenvalue weighted by Gasteiger charge is 2.15. The minimum absolute atomic E-state index is 0.285. The highest BCUT2D eigenvalue weighted by atomic mass is 19.1. The van der Waals surface area contributed by atoms with E-state index in [1.807, 2.05) is 6.92 Å². The molecule has 0 aliphatic heterocycles. The van der Waals surface area contributed by atoms with Gasteiger partial charge < -0.3 is 14.8 Å². The summed E-state index contributed by atoms with van der Waals surface area (Å²) in [5.41, 5.74) is 0.413. The number of hydrogen-bond donors (Lipinski definition) is 1. The third-order valence-electron chi connectivity index (χ3n) is 2.50. The fourth-order valence-electron chi connectivity index (χ4n) is 1.63. The molecule has 1 N–H and O–H groups in total. The summed E-state index contributed by atoms with van der Waals surface area (Å²) in [6.07, 6.45) is 0. The average Bonchev–Trinajstić information content (AvgIpc) is 2.34. The Bertz CT molecular complexity index is 361. The Balaban J connectivity index is 2.64. The maximum atomic E-state index is 13.6. The average molecular weight is 259 g/mol. The Morgan fingerprint density at radius 1 is 1.28 bits per heavy atom. The van der Waals surface area contributed by atoms with E-state index >= 15 is 0 Å². The molecule has 0 saturated carbocycles. The van der Waals surface area contributed by atoms with Gasteiger partial charge in [0, 0.05) is 18.7 Å². The molecule has 0 amide bonds. The van der Waals surface area contributed by atoms with Gasteiger partial charge in [-0.05, 0) is 12.6 Å². The molecule has 1 aromatic rings. The SMILES string of the molecule is CCNC(COCCOC)c1ccc(F)cc1F. The maximum Gasteiger partial charge on any atom is 0.130 e. The first-order chi connectivity index (χ1) is 8.69.